The molecule has 1 N–H and O–H groups in total. The number of benzene rings is 2. The zero-order valence-electron chi connectivity index (χ0n) is 13.2. The van der Waals surface area contributed by atoms with Crippen LogP contribution < -0.4 is 10.1 Å². The summed E-state index contributed by atoms with van der Waals surface area (Å²) in [5.74, 6) is -2.40. The van der Waals surface area contributed by atoms with Gasteiger partial charge in [0.2, 0.25) is 0 Å². The maximum Gasteiger partial charge on any atom is 0.573 e. The van der Waals surface area contributed by atoms with Crippen molar-refractivity contribution in [3.05, 3.63) is 53.6 Å². The molecule has 1 heterocycles. The second-order valence-corrected chi connectivity index (χ2v) is 5.96. The molecule has 0 saturated carbocycles. The number of hydrogen-bond acceptors (Lipinski definition) is 2. The van der Waals surface area contributed by atoms with E-state index in [1.165, 1.54) is 18.2 Å². The number of rotatable bonds is 3. The van der Waals surface area contributed by atoms with Crippen LogP contribution in [-0.2, 0) is 0 Å². The summed E-state index contributed by atoms with van der Waals surface area (Å²) in [7, 11) is 0. The predicted octanol–water partition coefficient (Wildman–Crippen LogP) is 5.00. The quantitative estimate of drug-likeness (QED) is 0.781. The molecule has 1 aliphatic rings. The highest BCUT2D eigenvalue weighted by Crippen LogP contribution is 2.33. The molecule has 0 spiro atoms. The molecule has 2 aromatic carbocycles. The van der Waals surface area contributed by atoms with E-state index in [9.17, 15) is 22.0 Å². The van der Waals surface area contributed by atoms with Crippen LogP contribution in [0.4, 0.5) is 22.0 Å². The number of ether oxygens (including phenoxy) is 1. The molecule has 3 rings (SSSR count). The van der Waals surface area contributed by atoms with E-state index < -0.39 is 23.7 Å². The standard InChI is InChI=1S/C18H16F5NO/c19-15-9-12(11-5-7-24-8-6-11)1-3-14(15)13-2-4-17(16(20)10-13)25-18(21,22)23/h1-4,9-11,24H,5-8H2. The minimum absolute atomic E-state index is 0.134. The normalized spacial score (nSPS) is 16.0. The van der Waals surface area contributed by atoms with Crippen LogP contribution in [0, 0.1) is 11.6 Å². The fourth-order valence-corrected chi connectivity index (χ4v) is 3.05. The number of nitrogens with one attached hydrogen (secondary N) is 1. The Morgan fingerprint density at radius 2 is 1.64 bits per heavy atom. The van der Waals surface area contributed by atoms with Crippen LogP contribution in [-0.4, -0.2) is 19.5 Å². The number of piperidine rings is 1. The zero-order chi connectivity index (χ0) is 18.0. The van der Waals surface area contributed by atoms with Gasteiger partial charge in [0.05, 0.1) is 0 Å². The molecule has 2 nitrogen and oxygen atoms in total. The average Bonchev–Trinajstić information content (AvgIpc) is 2.56. The first-order valence-corrected chi connectivity index (χ1v) is 7.89. The summed E-state index contributed by atoms with van der Waals surface area (Å²) in [6, 6.07) is 7.62. The minimum atomic E-state index is -4.98. The van der Waals surface area contributed by atoms with Gasteiger partial charge in [0.1, 0.15) is 5.82 Å². The van der Waals surface area contributed by atoms with Crippen molar-refractivity contribution >= 4 is 0 Å². The molecule has 2 aromatic rings. The van der Waals surface area contributed by atoms with Gasteiger partial charge < -0.3 is 10.1 Å². The Balaban J connectivity index is 1.85. The smallest absolute Gasteiger partial charge is 0.403 e. The summed E-state index contributed by atoms with van der Waals surface area (Å²) < 4.78 is 68.4. The average molecular weight is 357 g/mol. The molecule has 0 atom stereocenters. The third-order valence-electron chi connectivity index (χ3n) is 4.27. The van der Waals surface area contributed by atoms with Crippen LogP contribution in [0.15, 0.2) is 36.4 Å². The molecule has 1 aliphatic heterocycles. The highest BCUT2D eigenvalue weighted by atomic mass is 19.4. The lowest BCUT2D eigenvalue weighted by Crippen LogP contribution is -2.26. The van der Waals surface area contributed by atoms with Crippen molar-refractivity contribution < 1.29 is 26.7 Å². The summed E-state index contributed by atoms with van der Waals surface area (Å²) in [5.41, 5.74) is 1.16. The van der Waals surface area contributed by atoms with Gasteiger partial charge in [-0.05, 0) is 61.2 Å². The van der Waals surface area contributed by atoms with Gasteiger partial charge in [-0.2, -0.15) is 0 Å². The summed E-state index contributed by atoms with van der Waals surface area (Å²) in [6.07, 6.45) is -3.15. The van der Waals surface area contributed by atoms with Crippen molar-refractivity contribution in [1.29, 1.82) is 0 Å². The largest absolute Gasteiger partial charge is 0.573 e. The highest BCUT2D eigenvalue weighted by molar-refractivity contribution is 5.65. The summed E-state index contributed by atoms with van der Waals surface area (Å²) >= 11 is 0. The maximum atomic E-state index is 14.4. The van der Waals surface area contributed by atoms with E-state index >= 15 is 0 Å². The second-order valence-electron chi connectivity index (χ2n) is 5.96. The zero-order valence-corrected chi connectivity index (χ0v) is 13.2. The van der Waals surface area contributed by atoms with Crippen molar-refractivity contribution in [2.75, 3.05) is 13.1 Å². The van der Waals surface area contributed by atoms with Crippen molar-refractivity contribution in [3.8, 4) is 16.9 Å². The fraction of sp³-hybridized carbons (Fsp3) is 0.333. The lowest BCUT2D eigenvalue weighted by molar-refractivity contribution is -0.275. The highest BCUT2D eigenvalue weighted by Gasteiger charge is 2.32. The topological polar surface area (TPSA) is 21.3 Å². The van der Waals surface area contributed by atoms with E-state index in [-0.39, 0.29) is 17.0 Å². The number of halogens is 5. The van der Waals surface area contributed by atoms with Crippen LogP contribution in [0.3, 0.4) is 0 Å². The van der Waals surface area contributed by atoms with Crippen LogP contribution in [0.2, 0.25) is 0 Å². The molecule has 0 amide bonds. The van der Waals surface area contributed by atoms with Crippen molar-refractivity contribution in [2.24, 2.45) is 0 Å². The second kappa shape index (κ2) is 7.00. The molecular formula is C18H16F5NO. The minimum Gasteiger partial charge on any atom is -0.403 e. The van der Waals surface area contributed by atoms with Crippen LogP contribution >= 0.6 is 0 Å². The van der Waals surface area contributed by atoms with E-state index in [0.29, 0.717) is 0 Å². The summed E-state index contributed by atoms with van der Waals surface area (Å²) in [4.78, 5) is 0. The molecule has 7 heteroatoms. The van der Waals surface area contributed by atoms with Crippen LogP contribution in [0.25, 0.3) is 11.1 Å². The first-order chi connectivity index (χ1) is 11.8. The van der Waals surface area contributed by atoms with Gasteiger partial charge in [-0.25, -0.2) is 8.78 Å². The number of hydrogen-bond donors (Lipinski definition) is 1. The molecule has 0 bridgehead atoms. The first-order valence-electron chi connectivity index (χ1n) is 7.89. The van der Waals surface area contributed by atoms with Crippen molar-refractivity contribution in [2.45, 2.75) is 25.1 Å². The third-order valence-corrected chi connectivity index (χ3v) is 4.27. The Hall–Kier alpha value is -2.15. The van der Waals surface area contributed by atoms with Crippen LogP contribution in [0.5, 0.6) is 5.75 Å². The monoisotopic (exact) mass is 357 g/mol. The molecule has 0 aromatic heterocycles. The van der Waals surface area contributed by atoms with Crippen molar-refractivity contribution in [3.63, 3.8) is 0 Å². The molecule has 134 valence electrons. The number of alkyl halides is 3. The predicted molar refractivity (Wildman–Crippen MR) is 83.3 cm³/mol. The van der Waals surface area contributed by atoms with Gasteiger partial charge in [0, 0.05) is 5.56 Å². The lowest BCUT2D eigenvalue weighted by atomic mass is 9.89. The molecule has 0 radical (unpaired) electrons. The van der Waals surface area contributed by atoms with Crippen molar-refractivity contribution in [1.82, 2.24) is 5.32 Å². The van der Waals surface area contributed by atoms with Crippen LogP contribution in [0.1, 0.15) is 24.3 Å². The van der Waals surface area contributed by atoms with E-state index in [0.717, 1.165) is 43.6 Å². The van der Waals surface area contributed by atoms with Gasteiger partial charge in [-0.3, -0.25) is 0 Å². The molecular weight excluding hydrogens is 341 g/mol. The Bertz CT molecular complexity index is 754. The van der Waals surface area contributed by atoms with E-state index in [1.54, 1.807) is 6.07 Å². The Morgan fingerprint density at radius 1 is 0.920 bits per heavy atom. The lowest BCUT2D eigenvalue weighted by Gasteiger charge is -2.23. The maximum absolute atomic E-state index is 14.4. The van der Waals surface area contributed by atoms with Gasteiger partial charge in [0.25, 0.3) is 0 Å². The molecule has 1 saturated heterocycles. The van der Waals surface area contributed by atoms with E-state index in [1.807, 2.05) is 0 Å². The summed E-state index contributed by atoms with van der Waals surface area (Å²) in [6.45, 7) is 1.75. The Morgan fingerprint density at radius 3 is 2.24 bits per heavy atom. The van der Waals surface area contributed by atoms with E-state index in [4.69, 9.17) is 0 Å². The van der Waals surface area contributed by atoms with E-state index in [2.05, 4.69) is 10.1 Å². The van der Waals surface area contributed by atoms with Gasteiger partial charge in [-0.15, -0.1) is 13.2 Å². The third kappa shape index (κ3) is 4.28. The summed E-state index contributed by atoms with van der Waals surface area (Å²) in [5, 5.41) is 3.24. The molecule has 0 aliphatic carbocycles. The Kier molecular flexibility index (Phi) is 4.94. The SMILES string of the molecule is Fc1cc(-c2ccc(C3CCNCC3)cc2F)ccc1OC(F)(F)F. The fourth-order valence-electron chi connectivity index (χ4n) is 3.05. The Labute approximate surface area is 141 Å². The molecule has 0 unspecified atom stereocenters. The van der Waals surface area contributed by atoms with Gasteiger partial charge >= 0.3 is 6.36 Å². The first kappa shape index (κ1) is 17.7. The molecule has 1 fully saturated rings. The van der Waals surface area contributed by atoms with Gasteiger partial charge in [0.15, 0.2) is 11.6 Å². The van der Waals surface area contributed by atoms with Gasteiger partial charge in [-0.1, -0.05) is 18.2 Å². The molecule has 25 heavy (non-hydrogen) atoms.